The molecule has 5 nitrogen and oxygen atoms in total. The molecule has 18 heavy (non-hydrogen) atoms. The summed E-state index contributed by atoms with van der Waals surface area (Å²) in [6, 6.07) is 4.13. The molecular formula is C13H21N3O2. The zero-order valence-corrected chi connectivity index (χ0v) is 10.8. The van der Waals surface area contributed by atoms with Gasteiger partial charge in [0.2, 0.25) is 5.88 Å². The van der Waals surface area contributed by atoms with Crippen LogP contribution in [0.15, 0.2) is 12.1 Å². The van der Waals surface area contributed by atoms with Gasteiger partial charge in [-0.15, -0.1) is 0 Å². The van der Waals surface area contributed by atoms with Gasteiger partial charge < -0.3 is 20.5 Å². The van der Waals surface area contributed by atoms with Crippen LogP contribution in [0.25, 0.3) is 0 Å². The number of aliphatic hydroxyl groups excluding tert-OH is 1. The topological polar surface area (TPSA) is 71.6 Å². The Kier molecular flexibility index (Phi) is 4.25. The van der Waals surface area contributed by atoms with Crippen LogP contribution in [-0.4, -0.2) is 35.9 Å². The fourth-order valence-electron chi connectivity index (χ4n) is 2.44. The highest BCUT2D eigenvalue weighted by atomic mass is 16.5. The van der Waals surface area contributed by atoms with Crippen LogP contribution < -0.4 is 15.4 Å². The van der Waals surface area contributed by atoms with Gasteiger partial charge >= 0.3 is 0 Å². The number of hydrogen-bond acceptors (Lipinski definition) is 5. The summed E-state index contributed by atoms with van der Waals surface area (Å²) in [6.07, 6.45) is 3.04. The van der Waals surface area contributed by atoms with Crippen molar-refractivity contribution in [2.45, 2.75) is 32.2 Å². The molecule has 2 heterocycles. The molecule has 0 radical (unpaired) electrons. The molecule has 1 aliphatic rings. The minimum Gasteiger partial charge on any atom is -0.476 e. The average Bonchev–Trinajstić information content (AvgIpc) is 2.81. The van der Waals surface area contributed by atoms with Crippen LogP contribution in [-0.2, 0) is 0 Å². The van der Waals surface area contributed by atoms with E-state index in [4.69, 9.17) is 15.6 Å². The van der Waals surface area contributed by atoms with Gasteiger partial charge in [-0.3, -0.25) is 0 Å². The largest absolute Gasteiger partial charge is 0.476 e. The van der Waals surface area contributed by atoms with Gasteiger partial charge in [0.1, 0.15) is 5.82 Å². The van der Waals surface area contributed by atoms with E-state index < -0.39 is 0 Å². The Morgan fingerprint density at radius 3 is 3.11 bits per heavy atom. The molecule has 1 unspecified atom stereocenters. The zero-order chi connectivity index (χ0) is 13.0. The van der Waals surface area contributed by atoms with Crippen LogP contribution in [0, 0.1) is 0 Å². The quantitative estimate of drug-likeness (QED) is 0.828. The lowest BCUT2D eigenvalue weighted by Crippen LogP contribution is -2.30. The number of nitrogens with two attached hydrogens (primary N) is 1. The molecule has 2 rings (SSSR count). The number of anilines is 2. The lowest BCUT2D eigenvalue weighted by molar-refractivity contribution is 0.275. The highest BCUT2D eigenvalue weighted by Crippen LogP contribution is 2.29. The third kappa shape index (κ3) is 2.67. The molecule has 1 fully saturated rings. The van der Waals surface area contributed by atoms with Crippen molar-refractivity contribution in [2.75, 3.05) is 30.4 Å². The van der Waals surface area contributed by atoms with E-state index in [1.807, 2.05) is 19.1 Å². The standard InChI is InChI=1S/C13H21N3O2/c1-2-18-13-11(14)5-6-12(15-13)16-8-3-4-10(16)7-9-17/h5-6,10,17H,2-4,7-9,14H2,1H3. The van der Waals surface area contributed by atoms with E-state index in [1.165, 1.54) is 0 Å². The molecule has 0 amide bonds. The van der Waals surface area contributed by atoms with E-state index in [2.05, 4.69) is 9.88 Å². The summed E-state index contributed by atoms with van der Waals surface area (Å²) in [7, 11) is 0. The van der Waals surface area contributed by atoms with Crippen LogP contribution in [0.3, 0.4) is 0 Å². The van der Waals surface area contributed by atoms with Gasteiger partial charge in [0.25, 0.3) is 0 Å². The third-order valence-corrected chi connectivity index (χ3v) is 3.29. The second kappa shape index (κ2) is 5.91. The van der Waals surface area contributed by atoms with Crippen LogP contribution in [0.1, 0.15) is 26.2 Å². The van der Waals surface area contributed by atoms with E-state index >= 15 is 0 Å². The highest BCUT2D eigenvalue weighted by molar-refractivity contribution is 5.55. The first-order valence-corrected chi connectivity index (χ1v) is 6.53. The molecule has 1 atom stereocenters. The van der Waals surface area contributed by atoms with Crippen molar-refractivity contribution in [3.63, 3.8) is 0 Å². The highest BCUT2D eigenvalue weighted by Gasteiger charge is 2.25. The first-order valence-electron chi connectivity index (χ1n) is 6.53. The maximum atomic E-state index is 9.08. The molecule has 1 aromatic heterocycles. The predicted molar refractivity (Wildman–Crippen MR) is 71.9 cm³/mol. The zero-order valence-electron chi connectivity index (χ0n) is 10.8. The number of nitrogens with zero attached hydrogens (tertiary/aromatic N) is 2. The molecule has 0 spiro atoms. The predicted octanol–water partition coefficient (Wildman–Crippen LogP) is 1.41. The number of nitrogen functional groups attached to an aromatic ring is 1. The van der Waals surface area contributed by atoms with Crippen LogP contribution in [0.2, 0.25) is 0 Å². The van der Waals surface area contributed by atoms with E-state index in [-0.39, 0.29) is 6.61 Å². The number of aromatic nitrogens is 1. The lowest BCUT2D eigenvalue weighted by atomic mass is 10.1. The SMILES string of the molecule is CCOc1nc(N2CCCC2CCO)ccc1N. The molecule has 1 aliphatic heterocycles. The monoisotopic (exact) mass is 251 g/mol. The molecule has 0 aliphatic carbocycles. The van der Waals surface area contributed by atoms with Gasteiger partial charge in [0.05, 0.1) is 12.3 Å². The molecule has 0 saturated carbocycles. The molecule has 5 heteroatoms. The first-order chi connectivity index (χ1) is 8.76. The number of rotatable bonds is 5. The van der Waals surface area contributed by atoms with Gasteiger partial charge in [0.15, 0.2) is 0 Å². The maximum absolute atomic E-state index is 9.08. The second-order valence-electron chi connectivity index (χ2n) is 4.50. The third-order valence-electron chi connectivity index (χ3n) is 3.29. The summed E-state index contributed by atoms with van der Waals surface area (Å²) >= 11 is 0. The van der Waals surface area contributed by atoms with Crippen molar-refractivity contribution in [1.82, 2.24) is 4.98 Å². The van der Waals surface area contributed by atoms with Gasteiger partial charge in [-0.1, -0.05) is 0 Å². The Hall–Kier alpha value is -1.49. The molecule has 1 aromatic rings. The maximum Gasteiger partial charge on any atom is 0.239 e. The normalized spacial score (nSPS) is 19.2. The molecule has 1 saturated heterocycles. The number of aliphatic hydroxyl groups is 1. The Balaban J connectivity index is 2.19. The molecule has 0 bridgehead atoms. The minimum atomic E-state index is 0.217. The smallest absolute Gasteiger partial charge is 0.239 e. The van der Waals surface area contributed by atoms with Gasteiger partial charge in [0, 0.05) is 19.2 Å². The van der Waals surface area contributed by atoms with Crippen molar-refractivity contribution in [1.29, 1.82) is 0 Å². The Morgan fingerprint density at radius 1 is 1.56 bits per heavy atom. The van der Waals surface area contributed by atoms with Gasteiger partial charge in [-0.25, -0.2) is 0 Å². The molecule has 0 aromatic carbocycles. The summed E-state index contributed by atoms with van der Waals surface area (Å²) in [6.45, 7) is 3.67. The number of ether oxygens (including phenoxy) is 1. The summed E-state index contributed by atoms with van der Waals surface area (Å²) < 4.78 is 5.42. The Bertz CT molecular complexity index is 398. The van der Waals surface area contributed by atoms with Crippen molar-refractivity contribution in [2.24, 2.45) is 0 Å². The van der Waals surface area contributed by atoms with Gasteiger partial charge in [-0.05, 0) is 38.3 Å². The van der Waals surface area contributed by atoms with Crippen LogP contribution in [0.5, 0.6) is 5.88 Å². The molecule has 3 N–H and O–H groups in total. The summed E-state index contributed by atoms with van der Waals surface area (Å²) in [4.78, 5) is 6.71. The average molecular weight is 251 g/mol. The fourth-order valence-corrected chi connectivity index (χ4v) is 2.44. The van der Waals surface area contributed by atoms with Gasteiger partial charge in [-0.2, -0.15) is 4.98 Å². The number of pyridine rings is 1. The first kappa shape index (κ1) is 13.0. The second-order valence-corrected chi connectivity index (χ2v) is 4.50. The van der Waals surface area contributed by atoms with E-state index in [1.54, 1.807) is 0 Å². The molecular weight excluding hydrogens is 230 g/mol. The Labute approximate surface area is 108 Å². The van der Waals surface area contributed by atoms with Crippen LogP contribution >= 0.6 is 0 Å². The van der Waals surface area contributed by atoms with Crippen molar-refractivity contribution in [3.8, 4) is 5.88 Å². The van der Waals surface area contributed by atoms with E-state index in [0.717, 1.165) is 31.6 Å². The fraction of sp³-hybridized carbons (Fsp3) is 0.615. The molecule has 100 valence electrons. The summed E-state index contributed by atoms with van der Waals surface area (Å²) in [5.41, 5.74) is 6.39. The summed E-state index contributed by atoms with van der Waals surface area (Å²) in [5, 5.41) is 9.08. The summed E-state index contributed by atoms with van der Waals surface area (Å²) in [5.74, 6) is 1.40. The number of hydrogen-bond donors (Lipinski definition) is 2. The Morgan fingerprint density at radius 2 is 2.39 bits per heavy atom. The minimum absolute atomic E-state index is 0.217. The lowest BCUT2D eigenvalue weighted by Gasteiger charge is -2.25. The van der Waals surface area contributed by atoms with E-state index in [9.17, 15) is 0 Å². The van der Waals surface area contributed by atoms with Crippen molar-refractivity contribution >= 4 is 11.5 Å². The van der Waals surface area contributed by atoms with Crippen molar-refractivity contribution < 1.29 is 9.84 Å². The van der Waals surface area contributed by atoms with Crippen molar-refractivity contribution in [3.05, 3.63) is 12.1 Å². The van der Waals surface area contributed by atoms with E-state index in [0.29, 0.717) is 24.2 Å². The van der Waals surface area contributed by atoms with Crippen LogP contribution in [0.4, 0.5) is 11.5 Å².